The fraction of sp³-hybridized carbons (Fsp3) is 0.538. The molecule has 0 unspecified atom stereocenters. The Kier molecular flexibility index (Phi) is 4.49. The van der Waals surface area contributed by atoms with Gasteiger partial charge in [0.05, 0.1) is 14.2 Å². The molecule has 0 N–H and O–H groups in total. The number of hydrogen-bond donors (Lipinski definition) is 0. The lowest BCUT2D eigenvalue weighted by atomic mass is 9.81. The van der Waals surface area contributed by atoms with Crippen LogP contribution in [0.3, 0.4) is 0 Å². The van der Waals surface area contributed by atoms with E-state index in [1.807, 2.05) is 6.08 Å². The van der Waals surface area contributed by atoms with E-state index in [2.05, 4.69) is 6.58 Å². The van der Waals surface area contributed by atoms with Gasteiger partial charge in [-0.05, 0) is 25.7 Å². The third-order valence-electron chi connectivity index (χ3n) is 2.92. The molecule has 0 spiro atoms. The van der Waals surface area contributed by atoms with Crippen LogP contribution < -0.4 is 0 Å². The van der Waals surface area contributed by atoms with Crippen LogP contribution in [0.1, 0.15) is 25.7 Å². The maximum absolute atomic E-state index is 11.9. The van der Waals surface area contributed by atoms with E-state index < -0.39 is 17.4 Å². The molecule has 0 aromatic heterocycles. The summed E-state index contributed by atoms with van der Waals surface area (Å²) in [6, 6.07) is 0. The van der Waals surface area contributed by atoms with E-state index in [1.54, 1.807) is 6.08 Å². The average Bonchev–Trinajstić information content (AvgIpc) is 3.16. The van der Waals surface area contributed by atoms with Crippen molar-refractivity contribution in [2.24, 2.45) is 5.41 Å². The minimum Gasteiger partial charge on any atom is -0.468 e. The smallest absolute Gasteiger partial charge is 0.323 e. The molecule has 17 heavy (non-hydrogen) atoms. The van der Waals surface area contributed by atoms with Gasteiger partial charge >= 0.3 is 11.9 Å². The quantitative estimate of drug-likeness (QED) is 0.403. The van der Waals surface area contributed by atoms with E-state index >= 15 is 0 Å². The highest BCUT2D eigenvalue weighted by molar-refractivity contribution is 6.00. The van der Waals surface area contributed by atoms with Crippen LogP contribution in [0.25, 0.3) is 0 Å². The van der Waals surface area contributed by atoms with Gasteiger partial charge in [-0.3, -0.25) is 9.59 Å². The number of ether oxygens (including phenoxy) is 2. The number of rotatable bonds is 6. The maximum atomic E-state index is 11.9. The molecule has 0 amide bonds. The molecule has 0 radical (unpaired) electrons. The zero-order chi connectivity index (χ0) is 12.9. The molecule has 1 aliphatic rings. The highest BCUT2D eigenvalue weighted by Gasteiger charge is 2.46. The van der Waals surface area contributed by atoms with Crippen molar-refractivity contribution in [2.45, 2.75) is 25.7 Å². The van der Waals surface area contributed by atoms with E-state index in [9.17, 15) is 9.59 Å². The molecule has 0 aromatic carbocycles. The number of methoxy groups -OCH3 is 2. The first-order valence-electron chi connectivity index (χ1n) is 5.56. The van der Waals surface area contributed by atoms with Gasteiger partial charge < -0.3 is 9.47 Å². The average molecular weight is 238 g/mol. The summed E-state index contributed by atoms with van der Waals surface area (Å²) in [5, 5.41) is 0. The van der Waals surface area contributed by atoms with Crippen LogP contribution in [-0.4, -0.2) is 26.2 Å². The predicted octanol–water partition coefficient (Wildman–Crippen LogP) is 2.01. The fourth-order valence-electron chi connectivity index (χ4n) is 1.73. The van der Waals surface area contributed by atoms with Gasteiger partial charge in [0.15, 0.2) is 5.41 Å². The van der Waals surface area contributed by atoms with Crippen molar-refractivity contribution < 1.29 is 19.1 Å². The van der Waals surface area contributed by atoms with E-state index in [4.69, 9.17) is 9.47 Å². The molecule has 1 saturated carbocycles. The summed E-state index contributed by atoms with van der Waals surface area (Å²) < 4.78 is 9.45. The van der Waals surface area contributed by atoms with Crippen molar-refractivity contribution in [1.82, 2.24) is 0 Å². The molecule has 0 saturated heterocycles. The second-order valence-electron chi connectivity index (χ2n) is 4.12. The lowest BCUT2D eigenvalue weighted by Crippen LogP contribution is -2.40. The van der Waals surface area contributed by atoms with Crippen LogP contribution in [0.4, 0.5) is 0 Å². The standard InChI is InChI=1S/C13H18O4/c1-4-8-13(11(14)16-2,12(15)17-3)9-7-10-5-6-10/h4,7H,1,5-6,8-9H2,2-3H3. The number of carbonyl (C=O) groups excluding carboxylic acids is 2. The van der Waals surface area contributed by atoms with Crippen LogP contribution in [-0.2, 0) is 19.1 Å². The summed E-state index contributed by atoms with van der Waals surface area (Å²) in [5.74, 6) is -1.14. The first kappa shape index (κ1) is 13.5. The Bertz CT molecular complexity index is 332. The highest BCUT2D eigenvalue weighted by Crippen LogP contribution is 2.35. The predicted molar refractivity (Wildman–Crippen MR) is 63.2 cm³/mol. The number of carbonyl (C=O) groups is 2. The van der Waals surface area contributed by atoms with Crippen molar-refractivity contribution >= 4 is 11.9 Å². The number of allylic oxidation sites excluding steroid dienone is 3. The summed E-state index contributed by atoms with van der Waals surface area (Å²) in [6.07, 6.45) is 6.10. The van der Waals surface area contributed by atoms with Crippen molar-refractivity contribution in [2.75, 3.05) is 14.2 Å². The van der Waals surface area contributed by atoms with Gasteiger partial charge in [-0.1, -0.05) is 17.7 Å². The SMILES string of the molecule is C=CCC(CC=C1CC1)(C(=O)OC)C(=O)OC. The fourth-order valence-corrected chi connectivity index (χ4v) is 1.73. The van der Waals surface area contributed by atoms with Gasteiger partial charge in [-0.25, -0.2) is 0 Å². The lowest BCUT2D eigenvalue weighted by molar-refractivity contribution is -0.168. The van der Waals surface area contributed by atoms with Crippen LogP contribution in [0.5, 0.6) is 0 Å². The Hall–Kier alpha value is -1.58. The van der Waals surface area contributed by atoms with Crippen LogP contribution >= 0.6 is 0 Å². The molecule has 1 rings (SSSR count). The molecule has 0 atom stereocenters. The van der Waals surface area contributed by atoms with E-state index in [0.717, 1.165) is 12.8 Å². The molecule has 1 aliphatic carbocycles. The zero-order valence-corrected chi connectivity index (χ0v) is 10.3. The van der Waals surface area contributed by atoms with Crippen LogP contribution in [0.15, 0.2) is 24.3 Å². The Labute approximate surface area is 101 Å². The molecule has 4 nitrogen and oxygen atoms in total. The van der Waals surface area contributed by atoms with Gasteiger partial charge in [-0.15, -0.1) is 6.58 Å². The summed E-state index contributed by atoms with van der Waals surface area (Å²) >= 11 is 0. The Morgan fingerprint density at radius 1 is 1.24 bits per heavy atom. The monoisotopic (exact) mass is 238 g/mol. The number of hydrogen-bond acceptors (Lipinski definition) is 4. The molecule has 0 bridgehead atoms. The first-order chi connectivity index (χ1) is 8.10. The van der Waals surface area contributed by atoms with Crippen molar-refractivity contribution in [3.63, 3.8) is 0 Å². The first-order valence-corrected chi connectivity index (χ1v) is 5.56. The minimum absolute atomic E-state index is 0.218. The molecular formula is C13H18O4. The van der Waals surface area contributed by atoms with Crippen LogP contribution in [0, 0.1) is 5.41 Å². The third kappa shape index (κ3) is 2.96. The maximum Gasteiger partial charge on any atom is 0.323 e. The molecule has 0 aromatic rings. The van der Waals surface area contributed by atoms with Gasteiger partial charge in [0.2, 0.25) is 0 Å². The van der Waals surface area contributed by atoms with E-state index in [0.29, 0.717) is 6.42 Å². The Morgan fingerprint density at radius 3 is 2.12 bits per heavy atom. The lowest BCUT2D eigenvalue weighted by Gasteiger charge is -2.25. The van der Waals surface area contributed by atoms with Crippen molar-refractivity contribution in [1.29, 1.82) is 0 Å². The molecule has 94 valence electrons. The molecular weight excluding hydrogens is 220 g/mol. The van der Waals surface area contributed by atoms with Gasteiger partial charge in [0.25, 0.3) is 0 Å². The van der Waals surface area contributed by atoms with E-state index in [-0.39, 0.29) is 6.42 Å². The molecule has 1 fully saturated rings. The summed E-state index contributed by atoms with van der Waals surface area (Å²) in [4.78, 5) is 23.7. The van der Waals surface area contributed by atoms with Crippen molar-refractivity contribution in [3.8, 4) is 0 Å². The Balaban J connectivity index is 2.98. The molecule has 0 heterocycles. The van der Waals surface area contributed by atoms with Crippen LogP contribution in [0.2, 0.25) is 0 Å². The summed E-state index contributed by atoms with van der Waals surface area (Å²) in [7, 11) is 2.54. The zero-order valence-electron chi connectivity index (χ0n) is 10.3. The normalized spacial score (nSPS) is 13.9. The summed E-state index contributed by atoms with van der Waals surface area (Å²) in [6.45, 7) is 3.59. The van der Waals surface area contributed by atoms with Gasteiger partial charge in [-0.2, -0.15) is 0 Å². The topological polar surface area (TPSA) is 52.6 Å². The van der Waals surface area contributed by atoms with Gasteiger partial charge in [0.1, 0.15) is 0 Å². The second-order valence-corrected chi connectivity index (χ2v) is 4.12. The third-order valence-corrected chi connectivity index (χ3v) is 2.92. The van der Waals surface area contributed by atoms with E-state index in [1.165, 1.54) is 19.8 Å². The van der Waals surface area contributed by atoms with Crippen molar-refractivity contribution in [3.05, 3.63) is 24.3 Å². The highest BCUT2D eigenvalue weighted by atomic mass is 16.5. The molecule has 0 aliphatic heterocycles. The Morgan fingerprint density at radius 2 is 1.76 bits per heavy atom. The summed E-state index contributed by atoms with van der Waals surface area (Å²) in [5.41, 5.74) is -0.00727. The molecule has 4 heteroatoms. The largest absolute Gasteiger partial charge is 0.468 e. The van der Waals surface area contributed by atoms with Gasteiger partial charge in [0, 0.05) is 0 Å². The second kappa shape index (κ2) is 5.66. The minimum atomic E-state index is -1.28. The number of esters is 2.